The molecule has 4 heavy (non-hydrogen) atoms. The van der Waals surface area contributed by atoms with E-state index in [4.69, 9.17) is 4.79 Å². The quantitative estimate of drug-likeness (QED) is 0.407. The van der Waals surface area contributed by atoms with Gasteiger partial charge in [-0.05, 0) is 0 Å². The Morgan fingerprint density at radius 2 is 2.25 bits per heavy atom. The van der Waals surface area contributed by atoms with Crippen molar-refractivity contribution in [3.63, 3.8) is 0 Å². The van der Waals surface area contributed by atoms with Crippen molar-refractivity contribution in [2.45, 2.75) is 5.82 Å². The van der Waals surface area contributed by atoms with Crippen LogP contribution in [-0.4, -0.2) is 19.3 Å². The van der Waals surface area contributed by atoms with Gasteiger partial charge in [0.05, 0.1) is 0 Å². The van der Waals surface area contributed by atoms with Crippen molar-refractivity contribution in [2.24, 2.45) is 0 Å². The van der Waals surface area contributed by atoms with Gasteiger partial charge in [-0.15, -0.1) is 0 Å². The third-order valence-corrected chi connectivity index (χ3v) is 0.433. The molecule has 0 spiro atoms. The second kappa shape index (κ2) is 3.10. The van der Waals surface area contributed by atoms with Crippen LogP contribution in [-0.2, 0) is 4.79 Å². The van der Waals surface area contributed by atoms with E-state index in [1.165, 1.54) is 0 Å². The van der Waals surface area contributed by atoms with Crippen molar-refractivity contribution in [1.29, 1.82) is 0 Å². The molecule has 0 N–H and O–H groups in total. The van der Waals surface area contributed by atoms with Crippen LogP contribution in [0.2, 0.25) is 5.82 Å². The molecule has 0 aromatic heterocycles. The molecule has 0 atom stereocenters. The Bertz CT molecular complexity index is 44.0. The van der Waals surface area contributed by atoms with Crippen molar-refractivity contribution in [1.82, 2.24) is 0 Å². The van der Waals surface area contributed by atoms with Crippen LogP contribution in [0.15, 0.2) is 0 Å². The average Bonchev–Trinajstić information content (AvgIpc) is 1.37. The number of hydrogen-bond donors (Lipinski definition) is 0. The summed E-state index contributed by atoms with van der Waals surface area (Å²) in [5.41, 5.74) is 0. The molecule has 0 aliphatic heterocycles. The van der Waals surface area contributed by atoms with Gasteiger partial charge in [0, 0.05) is 0 Å². The Balaban J connectivity index is 3.11. The maximum absolute atomic E-state index is 9.08. The zero-order valence-corrected chi connectivity index (χ0v) is 4.03. The fourth-order valence-electron chi connectivity index (χ4n) is 0. The van der Waals surface area contributed by atoms with Gasteiger partial charge >= 0.3 is 29.9 Å². The summed E-state index contributed by atoms with van der Waals surface area (Å²) in [6.45, 7) is 0. The third-order valence-electron chi connectivity index (χ3n) is 0.0833. The minimum absolute atomic E-state index is 0.111. The molecule has 2 heteroatoms. The average molecular weight is 122 g/mol. The van der Waals surface area contributed by atoms with E-state index in [9.17, 15) is 0 Å². The van der Waals surface area contributed by atoms with Crippen LogP contribution in [0.4, 0.5) is 0 Å². The van der Waals surface area contributed by atoms with Crippen molar-refractivity contribution in [3.8, 4) is 0 Å². The number of hydrogen-bond acceptors (Lipinski definition) is 1. The summed E-state index contributed by atoms with van der Waals surface area (Å²) in [6, 6.07) is 0. The fraction of sp³-hybridized carbons (Fsp3) is 0.500. The van der Waals surface area contributed by atoms with E-state index in [0.29, 0.717) is 0 Å². The van der Waals surface area contributed by atoms with Gasteiger partial charge in [-0.2, -0.15) is 0 Å². The van der Waals surface area contributed by atoms with E-state index in [1.807, 2.05) is 5.82 Å². The summed E-state index contributed by atoms with van der Waals surface area (Å²) in [4.78, 5) is 10.8. The molecule has 0 aromatic carbocycles. The van der Waals surface area contributed by atoms with E-state index >= 15 is 0 Å². The monoisotopic (exact) mass is 123 g/mol. The first-order valence-corrected chi connectivity index (χ1v) is 3.39. The molecule has 23 valence electrons. The second-order valence-corrected chi connectivity index (χ2v) is 1.49. The fourth-order valence-corrected chi connectivity index (χ4v) is 0. The van der Waals surface area contributed by atoms with Crippen LogP contribution >= 0.6 is 0 Å². The molecule has 0 aliphatic carbocycles. The molecule has 0 amide bonds. The molecule has 0 unspecified atom stereocenters. The summed E-state index contributed by atoms with van der Waals surface area (Å²) < 4.78 is 0. The normalized spacial score (nSPS) is 4.25. The van der Waals surface area contributed by atoms with Crippen LogP contribution in [0.3, 0.4) is 0 Å². The Morgan fingerprint density at radius 1 is 2.00 bits per heavy atom. The molecule has 0 rings (SSSR count). The summed E-state index contributed by atoms with van der Waals surface area (Å²) in [5.74, 6) is 1.82. The molecule has 0 heterocycles. The van der Waals surface area contributed by atoms with Crippen LogP contribution < -0.4 is 0 Å². The predicted octanol–water partition coefficient (Wildman–Crippen LogP) is -0.194. The van der Waals surface area contributed by atoms with Crippen LogP contribution in [0.5, 0.6) is 0 Å². The van der Waals surface area contributed by atoms with E-state index in [-0.39, 0.29) is 14.5 Å². The van der Waals surface area contributed by atoms with Crippen LogP contribution in [0.25, 0.3) is 0 Å². The van der Waals surface area contributed by atoms with E-state index in [2.05, 4.69) is 0 Å². The topological polar surface area (TPSA) is 17.1 Å². The van der Waals surface area contributed by atoms with Gasteiger partial charge in [-0.1, -0.05) is 0 Å². The molecule has 0 aromatic rings. The van der Waals surface area contributed by atoms with Gasteiger partial charge in [0.2, 0.25) is 0 Å². The summed E-state index contributed by atoms with van der Waals surface area (Å²) >= 11 is 0.111. The van der Waals surface area contributed by atoms with Crippen molar-refractivity contribution in [2.75, 3.05) is 0 Å². The molecule has 1 nitrogen and oxygen atoms in total. The van der Waals surface area contributed by atoms with Crippen molar-refractivity contribution >= 4 is 19.3 Å². The Kier molecular flexibility index (Phi) is 3.18. The number of rotatable bonds is 0. The minimum atomic E-state index is 0.111. The first-order valence-electron chi connectivity index (χ1n) is 0.816. The van der Waals surface area contributed by atoms with E-state index in [1.54, 1.807) is 4.79 Å². The Hall–Kier alpha value is 0.0995. The summed E-state index contributed by atoms with van der Waals surface area (Å²) in [7, 11) is 0. The zero-order chi connectivity index (χ0) is 3.41. The Morgan fingerprint density at radius 3 is 2.25 bits per heavy atom. The molecule has 0 saturated heterocycles. The van der Waals surface area contributed by atoms with Gasteiger partial charge in [-0.25, -0.2) is 0 Å². The van der Waals surface area contributed by atoms with Crippen molar-refractivity contribution in [3.05, 3.63) is 0 Å². The summed E-state index contributed by atoms with van der Waals surface area (Å²) in [5, 5.41) is 0. The Labute approximate surface area is 30.7 Å². The molecule has 0 fully saturated rings. The van der Waals surface area contributed by atoms with Gasteiger partial charge in [0.1, 0.15) is 0 Å². The van der Waals surface area contributed by atoms with E-state index < -0.39 is 0 Å². The molecular weight excluding hydrogens is 119 g/mol. The SMILES string of the molecule is C[Se]=C=O. The zero-order valence-electron chi connectivity index (χ0n) is 2.32. The van der Waals surface area contributed by atoms with Gasteiger partial charge < -0.3 is 0 Å². The van der Waals surface area contributed by atoms with Gasteiger partial charge in [-0.3, -0.25) is 0 Å². The van der Waals surface area contributed by atoms with Crippen LogP contribution in [0, 0.1) is 0 Å². The molecule has 1 radical (unpaired) electrons. The summed E-state index contributed by atoms with van der Waals surface area (Å²) in [6.07, 6.45) is 0. The number of carbonyl (C=O) groups excluding carboxylic acids is 1. The third kappa shape index (κ3) is 2.10. The first kappa shape index (κ1) is 4.10. The van der Waals surface area contributed by atoms with E-state index in [0.717, 1.165) is 0 Å². The first-order chi connectivity index (χ1) is 1.91. The van der Waals surface area contributed by atoms with Crippen molar-refractivity contribution < 1.29 is 4.79 Å². The maximum atomic E-state index is 9.08. The van der Waals surface area contributed by atoms with Crippen LogP contribution in [0.1, 0.15) is 0 Å². The predicted molar refractivity (Wildman–Crippen MR) is 17.3 cm³/mol. The van der Waals surface area contributed by atoms with Gasteiger partial charge in [0.25, 0.3) is 0 Å². The van der Waals surface area contributed by atoms with Gasteiger partial charge in [0.15, 0.2) is 0 Å². The molecule has 0 saturated carbocycles. The molecule has 0 aliphatic rings. The standard InChI is InChI=1S/C2H3OSe/c1-4-2-3/h1H3. The molecular formula is C2H3OSe. The molecule has 0 bridgehead atoms. The second-order valence-electron chi connectivity index (χ2n) is 0.287.